The van der Waals surface area contributed by atoms with Crippen molar-refractivity contribution in [3.05, 3.63) is 12.7 Å². The molecule has 0 aliphatic rings. The van der Waals surface area contributed by atoms with Gasteiger partial charge < -0.3 is 4.84 Å². The van der Waals surface area contributed by atoms with Crippen LogP contribution >= 0.6 is 0 Å². The molecule has 0 aromatic rings. The van der Waals surface area contributed by atoms with Crippen LogP contribution in [-0.2, 0) is 9.63 Å². The molecule has 3 heteroatoms. The van der Waals surface area contributed by atoms with Crippen molar-refractivity contribution in [1.82, 2.24) is 5.48 Å². The molecule has 46 valence electrons. The van der Waals surface area contributed by atoms with Gasteiger partial charge in [-0.15, -0.1) is 12.1 Å². The monoisotopic (exact) mass is 115 g/mol. The number of hydrogen-bond acceptors (Lipinski definition) is 3. The minimum absolute atomic E-state index is 0.341. The highest BCUT2D eigenvalue weighted by Crippen LogP contribution is 1.66. The minimum Gasteiger partial charge on any atom is -0.371 e. The SMILES string of the molecule is C=CCNOC(C)=O. The van der Waals surface area contributed by atoms with Crippen LogP contribution in [0.15, 0.2) is 12.7 Å². The van der Waals surface area contributed by atoms with Crippen LogP contribution in [0.25, 0.3) is 0 Å². The second-order valence-corrected chi connectivity index (χ2v) is 1.23. The molecule has 0 rings (SSSR count). The topological polar surface area (TPSA) is 38.3 Å². The van der Waals surface area contributed by atoms with Crippen LogP contribution in [-0.4, -0.2) is 12.5 Å². The van der Waals surface area contributed by atoms with Gasteiger partial charge in [-0.3, -0.25) is 4.79 Å². The zero-order valence-corrected chi connectivity index (χ0v) is 4.81. The molecule has 0 fully saturated rings. The van der Waals surface area contributed by atoms with Gasteiger partial charge in [0.25, 0.3) is 0 Å². The molecule has 1 N–H and O–H groups in total. The van der Waals surface area contributed by atoms with Gasteiger partial charge in [-0.1, -0.05) is 6.08 Å². The predicted octanol–water partition coefficient (Wildman–Crippen LogP) is 0.240. The van der Waals surface area contributed by atoms with Crippen molar-refractivity contribution < 1.29 is 9.63 Å². The Bertz CT molecular complexity index is 90.4. The third-order valence-corrected chi connectivity index (χ3v) is 0.444. The summed E-state index contributed by atoms with van der Waals surface area (Å²) in [5, 5.41) is 0. The molecule has 0 atom stereocenters. The van der Waals surface area contributed by atoms with Gasteiger partial charge in [-0.05, 0) is 0 Å². The third kappa shape index (κ3) is 5.17. The van der Waals surface area contributed by atoms with Gasteiger partial charge >= 0.3 is 5.97 Å². The second-order valence-electron chi connectivity index (χ2n) is 1.23. The fraction of sp³-hybridized carbons (Fsp3) is 0.400. The first-order chi connectivity index (χ1) is 3.77. The lowest BCUT2D eigenvalue weighted by Gasteiger charge is -1.96. The summed E-state index contributed by atoms with van der Waals surface area (Å²) in [5.41, 5.74) is 2.37. The average Bonchev–Trinajstić information content (AvgIpc) is 1.66. The fourth-order valence-electron chi connectivity index (χ4n) is 0.202. The highest BCUT2D eigenvalue weighted by Gasteiger charge is 1.85. The van der Waals surface area contributed by atoms with E-state index in [1.807, 2.05) is 0 Å². The number of carbonyl (C=O) groups is 1. The molecule has 0 amide bonds. The van der Waals surface area contributed by atoms with E-state index in [-0.39, 0.29) is 5.97 Å². The van der Waals surface area contributed by atoms with Crippen molar-refractivity contribution in [3.8, 4) is 0 Å². The molecule has 0 bridgehead atoms. The van der Waals surface area contributed by atoms with Crippen LogP contribution in [0.5, 0.6) is 0 Å². The van der Waals surface area contributed by atoms with Crippen LogP contribution < -0.4 is 5.48 Å². The molecule has 0 radical (unpaired) electrons. The third-order valence-electron chi connectivity index (χ3n) is 0.444. The van der Waals surface area contributed by atoms with Crippen LogP contribution in [0, 0.1) is 0 Å². The van der Waals surface area contributed by atoms with E-state index in [9.17, 15) is 4.79 Å². The van der Waals surface area contributed by atoms with Gasteiger partial charge in [0.2, 0.25) is 0 Å². The van der Waals surface area contributed by atoms with E-state index in [0.717, 1.165) is 0 Å². The largest absolute Gasteiger partial charge is 0.371 e. The molecule has 0 spiro atoms. The number of rotatable bonds is 3. The lowest BCUT2D eigenvalue weighted by atomic mass is 10.7. The Balaban J connectivity index is 2.93. The first-order valence-electron chi connectivity index (χ1n) is 2.28. The molecule has 0 unspecified atom stereocenters. The molecule has 0 saturated heterocycles. The minimum atomic E-state index is -0.341. The molecule has 0 aromatic carbocycles. The normalized spacial score (nSPS) is 8.12. The molecule has 0 saturated carbocycles. The van der Waals surface area contributed by atoms with Crippen LogP contribution in [0.3, 0.4) is 0 Å². The maximum Gasteiger partial charge on any atom is 0.321 e. The number of hydrogen-bond donors (Lipinski definition) is 1. The lowest BCUT2D eigenvalue weighted by molar-refractivity contribution is -0.147. The first kappa shape index (κ1) is 7.17. The zero-order chi connectivity index (χ0) is 6.41. The Morgan fingerprint density at radius 3 is 3.00 bits per heavy atom. The van der Waals surface area contributed by atoms with Gasteiger partial charge in [0.1, 0.15) is 0 Å². The molecular weight excluding hydrogens is 106 g/mol. The van der Waals surface area contributed by atoms with E-state index in [0.29, 0.717) is 6.54 Å². The van der Waals surface area contributed by atoms with E-state index in [1.165, 1.54) is 6.92 Å². The molecule has 3 nitrogen and oxygen atoms in total. The van der Waals surface area contributed by atoms with Gasteiger partial charge in [0.15, 0.2) is 0 Å². The van der Waals surface area contributed by atoms with Crippen LogP contribution in [0.2, 0.25) is 0 Å². The van der Waals surface area contributed by atoms with Gasteiger partial charge in [-0.2, -0.15) is 0 Å². The van der Waals surface area contributed by atoms with Crippen molar-refractivity contribution >= 4 is 5.97 Å². The van der Waals surface area contributed by atoms with E-state index in [1.54, 1.807) is 6.08 Å². The van der Waals surface area contributed by atoms with Crippen LogP contribution in [0.4, 0.5) is 0 Å². The van der Waals surface area contributed by atoms with Gasteiger partial charge in [0, 0.05) is 13.5 Å². The Morgan fingerprint density at radius 2 is 2.62 bits per heavy atom. The summed E-state index contributed by atoms with van der Waals surface area (Å²) in [6.45, 7) is 5.22. The van der Waals surface area contributed by atoms with Crippen molar-refractivity contribution in [2.75, 3.05) is 6.54 Å². The second kappa shape index (κ2) is 4.33. The van der Waals surface area contributed by atoms with E-state index in [2.05, 4.69) is 16.9 Å². The Morgan fingerprint density at radius 1 is 2.00 bits per heavy atom. The highest BCUT2D eigenvalue weighted by molar-refractivity contribution is 5.65. The highest BCUT2D eigenvalue weighted by atomic mass is 16.7. The smallest absolute Gasteiger partial charge is 0.321 e. The molecule has 0 aromatic heterocycles. The summed E-state index contributed by atoms with van der Waals surface area (Å²) in [6.07, 6.45) is 1.60. The fourth-order valence-corrected chi connectivity index (χ4v) is 0.202. The summed E-state index contributed by atoms with van der Waals surface area (Å²) in [5.74, 6) is -0.341. The van der Waals surface area contributed by atoms with Crippen molar-refractivity contribution in [2.24, 2.45) is 0 Å². The van der Waals surface area contributed by atoms with Gasteiger partial charge in [-0.25, -0.2) is 0 Å². The number of carbonyl (C=O) groups excluding carboxylic acids is 1. The van der Waals surface area contributed by atoms with Crippen molar-refractivity contribution in [3.63, 3.8) is 0 Å². The molecular formula is C5H9NO2. The number of nitrogens with one attached hydrogen (secondary N) is 1. The molecule has 0 aliphatic carbocycles. The lowest BCUT2D eigenvalue weighted by Crippen LogP contribution is -2.17. The van der Waals surface area contributed by atoms with Crippen molar-refractivity contribution in [2.45, 2.75) is 6.92 Å². The van der Waals surface area contributed by atoms with Crippen LogP contribution in [0.1, 0.15) is 6.92 Å². The van der Waals surface area contributed by atoms with Crippen molar-refractivity contribution in [1.29, 1.82) is 0 Å². The quantitative estimate of drug-likeness (QED) is 0.325. The summed E-state index contributed by atoms with van der Waals surface area (Å²) >= 11 is 0. The van der Waals surface area contributed by atoms with Gasteiger partial charge in [0.05, 0.1) is 0 Å². The first-order valence-corrected chi connectivity index (χ1v) is 2.28. The van der Waals surface area contributed by atoms with E-state index >= 15 is 0 Å². The maximum atomic E-state index is 10.00. The summed E-state index contributed by atoms with van der Waals surface area (Å²) < 4.78 is 0. The molecule has 0 heterocycles. The predicted molar refractivity (Wildman–Crippen MR) is 30.0 cm³/mol. The van der Waals surface area contributed by atoms with E-state index < -0.39 is 0 Å². The summed E-state index contributed by atoms with van der Waals surface area (Å²) in [7, 11) is 0. The Labute approximate surface area is 48.3 Å². The molecule has 0 aliphatic heterocycles. The van der Waals surface area contributed by atoms with E-state index in [4.69, 9.17) is 0 Å². The molecule has 8 heavy (non-hydrogen) atoms. The average molecular weight is 115 g/mol. The maximum absolute atomic E-state index is 10.00. The standard InChI is InChI=1S/C5H9NO2/c1-3-4-6-8-5(2)7/h3,6H,1,4H2,2H3. The zero-order valence-electron chi connectivity index (χ0n) is 4.81. The summed E-state index contributed by atoms with van der Waals surface area (Å²) in [6, 6.07) is 0. The number of hydroxylamine groups is 1. The summed E-state index contributed by atoms with van der Waals surface area (Å²) in [4.78, 5) is 14.3. The Kier molecular flexibility index (Phi) is 3.88. The Hall–Kier alpha value is -0.830.